The Morgan fingerprint density at radius 1 is 1.44 bits per heavy atom. The zero-order valence-electron chi connectivity index (χ0n) is 9.45. The number of halogens is 2. The Kier molecular flexibility index (Phi) is 5.19. The molecular weight excluding hydrogens is 227 g/mol. The monoisotopic (exact) mass is 244 g/mol. The van der Waals surface area contributed by atoms with E-state index in [2.05, 4.69) is 17.1 Å². The van der Waals surface area contributed by atoms with Crippen LogP contribution in [-0.4, -0.2) is 30.6 Å². The highest BCUT2D eigenvalue weighted by molar-refractivity contribution is 5.85. The van der Waals surface area contributed by atoms with Crippen LogP contribution in [0, 0.1) is 5.82 Å². The molecule has 0 saturated carbocycles. The van der Waals surface area contributed by atoms with Gasteiger partial charge in [-0.05, 0) is 13.0 Å². The summed E-state index contributed by atoms with van der Waals surface area (Å²) in [5.41, 5.74) is 0.797. The van der Waals surface area contributed by atoms with Crippen LogP contribution in [0.5, 0.6) is 0 Å². The third-order valence-electron chi connectivity index (χ3n) is 2.97. The first-order valence-electron chi connectivity index (χ1n) is 5.45. The summed E-state index contributed by atoms with van der Waals surface area (Å²) in [5.74, 6) is -0.0942. The molecule has 1 saturated heterocycles. The second-order valence-electron chi connectivity index (χ2n) is 4.12. The van der Waals surface area contributed by atoms with E-state index in [1.54, 1.807) is 6.07 Å². The molecule has 0 aromatic heterocycles. The van der Waals surface area contributed by atoms with Crippen molar-refractivity contribution in [3.63, 3.8) is 0 Å². The van der Waals surface area contributed by atoms with Crippen molar-refractivity contribution >= 4 is 12.4 Å². The molecule has 1 aromatic rings. The third kappa shape index (κ3) is 3.17. The van der Waals surface area contributed by atoms with Crippen LogP contribution in [0.25, 0.3) is 0 Å². The molecule has 0 bridgehead atoms. The van der Waals surface area contributed by atoms with Crippen LogP contribution in [0.2, 0.25) is 0 Å². The van der Waals surface area contributed by atoms with E-state index in [1.165, 1.54) is 6.07 Å². The minimum absolute atomic E-state index is 0. The minimum atomic E-state index is -0.0942. The van der Waals surface area contributed by atoms with Gasteiger partial charge in [-0.15, -0.1) is 12.4 Å². The summed E-state index contributed by atoms with van der Waals surface area (Å²) in [6, 6.07) is 7.51. The van der Waals surface area contributed by atoms with E-state index in [9.17, 15) is 4.39 Å². The first kappa shape index (κ1) is 13.4. The van der Waals surface area contributed by atoms with Crippen LogP contribution >= 0.6 is 12.4 Å². The lowest BCUT2D eigenvalue weighted by molar-refractivity contribution is 0.164. The van der Waals surface area contributed by atoms with Gasteiger partial charge in [0.05, 0.1) is 0 Å². The van der Waals surface area contributed by atoms with E-state index in [0.29, 0.717) is 6.04 Å². The highest BCUT2D eigenvalue weighted by Gasteiger charge is 2.18. The van der Waals surface area contributed by atoms with E-state index in [-0.39, 0.29) is 18.2 Å². The third-order valence-corrected chi connectivity index (χ3v) is 2.97. The second-order valence-corrected chi connectivity index (χ2v) is 4.12. The fraction of sp³-hybridized carbons (Fsp3) is 0.500. The first-order valence-corrected chi connectivity index (χ1v) is 5.45. The van der Waals surface area contributed by atoms with Gasteiger partial charge in [0, 0.05) is 37.8 Å². The smallest absolute Gasteiger partial charge is 0.127 e. The Bertz CT molecular complexity index is 333. The topological polar surface area (TPSA) is 15.3 Å². The first-order chi connectivity index (χ1) is 7.27. The number of nitrogens with zero attached hydrogens (tertiary/aromatic N) is 1. The zero-order chi connectivity index (χ0) is 10.7. The molecule has 1 aliphatic rings. The van der Waals surface area contributed by atoms with Crippen molar-refractivity contribution in [1.82, 2.24) is 10.2 Å². The van der Waals surface area contributed by atoms with Crippen molar-refractivity contribution in [2.45, 2.75) is 19.5 Å². The van der Waals surface area contributed by atoms with Gasteiger partial charge in [0.2, 0.25) is 0 Å². The maximum atomic E-state index is 13.4. The van der Waals surface area contributed by atoms with E-state index in [1.807, 2.05) is 12.1 Å². The van der Waals surface area contributed by atoms with Crippen LogP contribution < -0.4 is 5.32 Å². The highest BCUT2D eigenvalue weighted by Crippen LogP contribution is 2.12. The summed E-state index contributed by atoms with van der Waals surface area (Å²) >= 11 is 0. The largest absolute Gasteiger partial charge is 0.314 e. The van der Waals surface area contributed by atoms with Crippen molar-refractivity contribution in [2.24, 2.45) is 0 Å². The van der Waals surface area contributed by atoms with Crippen LogP contribution in [0.4, 0.5) is 4.39 Å². The lowest BCUT2D eigenvalue weighted by Crippen LogP contribution is -2.49. The lowest BCUT2D eigenvalue weighted by Gasteiger charge is -2.33. The fourth-order valence-electron chi connectivity index (χ4n) is 1.96. The van der Waals surface area contributed by atoms with Crippen molar-refractivity contribution in [1.29, 1.82) is 0 Å². The highest BCUT2D eigenvalue weighted by atomic mass is 35.5. The van der Waals surface area contributed by atoms with Gasteiger partial charge in [0.1, 0.15) is 5.82 Å². The van der Waals surface area contributed by atoms with Gasteiger partial charge >= 0.3 is 0 Å². The number of hydrogen-bond donors (Lipinski definition) is 1. The molecule has 1 aliphatic heterocycles. The van der Waals surface area contributed by atoms with Crippen molar-refractivity contribution < 1.29 is 4.39 Å². The predicted octanol–water partition coefficient (Wildman–Crippen LogP) is 2.04. The zero-order valence-corrected chi connectivity index (χ0v) is 10.3. The van der Waals surface area contributed by atoms with Crippen LogP contribution in [0.3, 0.4) is 0 Å². The Morgan fingerprint density at radius 2 is 2.19 bits per heavy atom. The molecule has 16 heavy (non-hydrogen) atoms. The fourth-order valence-corrected chi connectivity index (χ4v) is 1.96. The molecule has 1 atom stereocenters. The lowest BCUT2D eigenvalue weighted by atomic mass is 10.1. The second kappa shape index (κ2) is 6.18. The molecule has 1 N–H and O–H groups in total. The standard InChI is InChI=1S/C12H17FN2.ClH/c1-10-8-14-6-7-15(10)9-11-4-2-3-5-12(11)13;/h2-5,10,14H,6-9H2,1H3;1H/t10-;/m0./s1. The van der Waals surface area contributed by atoms with Gasteiger partial charge in [-0.3, -0.25) is 4.90 Å². The van der Waals surface area contributed by atoms with E-state index < -0.39 is 0 Å². The van der Waals surface area contributed by atoms with E-state index in [0.717, 1.165) is 31.7 Å². The summed E-state index contributed by atoms with van der Waals surface area (Å²) in [5, 5.41) is 3.33. The van der Waals surface area contributed by atoms with Gasteiger partial charge in [-0.1, -0.05) is 18.2 Å². The number of rotatable bonds is 2. The van der Waals surface area contributed by atoms with Crippen molar-refractivity contribution in [3.05, 3.63) is 35.6 Å². The maximum absolute atomic E-state index is 13.4. The van der Waals surface area contributed by atoms with Gasteiger partial charge in [-0.25, -0.2) is 4.39 Å². The summed E-state index contributed by atoms with van der Waals surface area (Å²) < 4.78 is 13.4. The number of hydrogen-bond acceptors (Lipinski definition) is 2. The van der Waals surface area contributed by atoms with Gasteiger partial charge in [0.25, 0.3) is 0 Å². The van der Waals surface area contributed by atoms with Crippen molar-refractivity contribution in [3.8, 4) is 0 Å². The van der Waals surface area contributed by atoms with Gasteiger partial charge < -0.3 is 5.32 Å². The maximum Gasteiger partial charge on any atom is 0.127 e. The Morgan fingerprint density at radius 3 is 2.88 bits per heavy atom. The Hall–Kier alpha value is -0.640. The Labute approximate surface area is 102 Å². The summed E-state index contributed by atoms with van der Waals surface area (Å²) in [4.78, 5) is 2.31. The SMILES string of the molecule is C[C@H]1CNCCN1Cc1ccccc1F.Cl. The number of nitrogens with one attached hydrogen (secondary N) is 1. The normalized spacial score (nSPS) is 21.5. The summed E-state index contributed by atoms with van der Waals surface area (Å²) in [7, 11) is 0. The summed E-state index contributed by atoms with van der Waals surface area (Å²) in [6.07, 6.45) is 0. The molecule has 90 valence electrons. The van der Waals surface area contributed by atoms with Gasteiger partial charge in [0.15, 0.2) is 0 Å². The van der Waals surface area contributed by atoms with Crippen LogP contribution in [0.1, 0.15) is 12.5 Å². The molecule has 1 heterocycles. The predicted molar refractivity (Wildman–Crippen MR) is 66.4 cm³/mol. The molecule has 2 rings (SSSR count). The molecule has 0 unspecified atom stereocenters. The van der Waals surface area contributed by atoms with Crippen LogP contribution in [0.15, 0.2) is 24.3 Å². The quantitative estimate of drug-likeness (QED) is 0.857. The average Bonchev–Trinajstić information content (AvgIpc) is 2.24. The number of piperazine rings is 1. The molecule has 1 aromatic carbocycles. The molecular formula is C12H18ClFN2. The molecule has 1 fully saturated rings. The van der Waals surface area contributed by atoms with E-state index in [4.69, 9.17) is 0 Å². The molecule has 4 heteroatoms. The Balaban J connectivity index is 0.00000128. The van der Waals surface area contributed by atoms with Crippen molar-refractivity contribution in [2.75, 3.05) is 19.6 Å². The molecule has 0 amide bonds. The minimum Gasteiger partial charge on any atom is -0.314 e. The summed E-state index contributed by atoms with van der Waals surface area (Å²) in [6.45, 7) is 5.88. The van der Waals surface area contributed by atoms with E-state index >= 15 is 0 Å². The number of benzene rings is 1. The van der Waals surface area contributed by atoms with Crippen LogP contribution in [-0.2, 0) is 6.54 Å². The molecule has 2 nitrogen and oxygen atoms in total. The average molecular weight is 245 g/mol. The molecule has 0 aliphatic carbocycles. The molecule has 0 radical (unpaired) electrons. The van der Waals surface area contributed by atoms with Gasteiger partial charge in [-0.2, -0.15) is 0 Å². The molecule has 0 spiro atoms.